The van der Waals surface area contributed by atoms with Crippen molar-refractivity contribution in [2.45, 2.75) is 302 Å². The minimum Gasteiger partial charge on any atom is -0.756 e. The maximum Gasteiger partial charge on any atom is 0.306 e. The smallest absolute Gasteiger partial charge is 0.306 e. The number of nitrogens with zero attached hydrogens (tertiary/aromatic N) is 1. The van der Waals surface area contributed by atoms with Crippen LogP contribution in [0.25, 0.3) is 0 Å². The van der Waals surface area contributed by atoms with E-state index in [0.29, 0.717) is 17.4 Å². The van der Waals surface area contributed by atoms with E-state index in [2.05, 4.69) is 13.8 Å². The molecule has 394 valence electrons. The van der Waals surface area contributed by atoms with Gasteiger partial charge in [0.15, 0.2) is 6.10 Å². The largest absolute Gasteiger partial charge is 0.756 e. The molecule has 0 aliphatic heterocycles. The van der Waals surface area contributed by atoms with Crippen molar-refractivity contribution in [1.82, 2.24) is 0 Å². The summed E-state index contributed by atoms with van der Waals surface area (Å²) in [6.45, 7) is 4.31. The number of esters is 2. The van der Waals surface area contributed by atoms with Crippen LogP contribution in [0.2, 0.25) is 0 Å². The lowest BCUT2D eigenvalue weighted by atomic mass is 10.0. The van der Waals surface area contributed by atoms with Gasteiger partial charge in [0.2, 0.25) is 0 Å². The molecule has 1 unspecified atom stereocenters. The van der Waals surface area contributed by atoms with Gasteiger partial charge in [-0.05, 0) is 12.8 Å². The van der Waals surface area contributed by atoms with Crippen molar-refractivity contribution in [3.8, 4) is 0 Å². The molecule has 2 atom stereocenters. The van der Waals surface area contributed by atoms with Gasteiger partial charge in [-0.25, -0.2) is 0 Å². The fourth-order valence-corrected chi connectivity index (χ4v) is 9.39. The summed E-state index contributed by atoms with van der Waals surface area (Å²) < 4.78 is 34.2. The topological polar surface area (TPSA) is 111 Å². The maximum absolute atomic E-state index is 12.8. The Balaban J connectivity index is 4.11. The number of likely N-dealkylation sites (N-methyl/N-ethyl adjacent to an activating group) is 1. The summed E-state index contributed by atoms with van der Waals surface area (Å²) in [6.07, 6.45) is 54.3. The lowest BCUT2D eigenvalue weighted by Crippen LogP contribution is -2.37. The monoisotopic (exact) mass is 958 g/mol. The molecule has 0 aliphatic carbocycles. The van der Waals surface area contributed by atoms with Crippen LogP contribution in [0.1, 0.15) is 296 Å². The van der Waals surface area contributed by atoms with Crippen LogP contribution in [0.15, 0.2) is 0 Å². The molecule has 0 bridgehead atoms. The summed E-state index contributed by atoms with van der Waals surface area (Å²) in [4.78, 5) is 37.8. The van der Waals surface area contributed by atoms with E-state index in [1.54, 1.807) is 0 Å². The van der Waals surface area contributed by atoms with Crippen molar-refractivity contribution in [2.75, 3.05) is 47.5 Å². The van der Waals surface area contributed by atoms with Gasteiger partial charge in [0.05, 0.1) is 27.7 Å². The van der Waals surface area contributed by atoms with Gasteiger partial charge in [-0.3, -0.25) is 14.2 Å². The Morgan fingerprint density at radius 2 is 0.682 bits per heavy atom. The van der Waals surface area contributed by atoms with Crippen LogP contribution in [0.4, 0.5) is 0 Å². The van der Waals surface area contributed by atoms with Crippen molar-refractivity contribution in [3.05, 3.63) is 0 Å². The number of quaternary nitrogens is 1. The third-order valence-electron chi connectivity index (χ3n) is 13.1. The highest BCUT2D eigenvalue weighted by atomic mass is 31.2. The third-order valence-corrected chi connectivity index (χ3v) is 14.1. The molecule has 0 amide bonds. The van der Waals surface area contributed by atoms with Crippen molar-refractivity contribution < 1.29 is 42.1 Å². The van der Waals surface area contributed by atoms with Crippen molar-refractivity contribution in [2.24, 2.45) is 0 Å². The van der Waals surface area contributed by atoms with E-state index < -0.39 is 26.5 Å². The minimum absolute atomic E-state index is 0.0251. The highest BCUT2D eigenvalue weighted by Gasteiger charge is 2.22. The lowest BCUT2D eigenvalue weighted by Gasteiger charge is -2.28. The van der Waals surface area contributed by atoms with E-state index in [0.717, 1.165) is 32.1 Å². The summed E-state index contributed by atoms with van der Waals surface area (Å²) in [5, 5.41) is 0. The van der Waals surface area contributed by atoms with Crippen molar-refractivity contribution in [1.29, 1.82) is 0 Å². The first-order chi connectivity index (χ1) is 32.0. The number of ether oxygens (including phenoxy) is 2. The predicted molar refractivity (Wildman–Crippen MR) is 278 cm³/mol. The molecule has 66 heavy (non-hydrogen) atoms. The zero-order chi connectivity index (χ0) is 48.5. The highest BCUT2D eigenvalue weighted by Crippen LogP contribution is 2.38. The number of hydrogen-bond acceptors (Lipinski definition) is 8. The molecular formula is C56H112NO8P. The molecule has 10 heteroatoms. The molecule has 0 N–H and O–H groups in total. The molecular weight excluding hydrogens is 846 g/mol. The van der Waals surface area contributed by atoms with E-state index >= 15 is 0 Å². The normalized spacial score (nSPS) is 13.2. The molecule has 0 aromatic heterocycles. The Bertz CT molecular complexity index is 1080. The first-order valence-electron chi connectivity index (χ1n) is 28.7. The SMILES string of the molecule is CCCCCCCCCCCCCCCCCCCCCCCCCC(=O)OC[C@H](COP(=O)([O-])OCC[N+](C)(C)C)OC(=O)CCCCCCCCCCCCCCCCCCCCC. The molecule has 0 saturated heterocycles. The van der Waals surface area contributed by atoms with Crippen LogP contribution in [0.5, 0.6) is 0 Å². The number of phosphoric acid groups is 1. The van der Waals surface area contributed by atoms with Gasteiger partial charge < -0.3 is 27.9 Å². The quantitative estimate of drug-likeness (QED) is 0.0256. The third kappa shape index (κ3) is 52.4. The summed E-state index contributed by atoms with van der Waals surface area (Å²) in [5.74, 6) is -0.809. The van der Waals surface area contributed by atoms with Gasteiger partial charge in [0, 0.05) is 12.8 Å². The number of phosphoric ester groups is 1. The van der Waals surface area contributed by atoms with Gasteiger partial charge in [-0.15, -0.1) is 0 Å². The van der Waals surface area contributed by atoms with Gasteiger partial charge in [0.25, 0.3) is 7.82 Å². The Morgan fingerprint density at radius 1 is 0.409 bits per heavy atom. The number of carbonyl (C=O) groups is 2. The summed E-state index contributed by atoms with van der Waals surface area (Å²) in [7, 11) is 1.19. The van der Waals surface area contributed by atoms with Crippen LogP contribution in [-0.4, -0.2) is 70.0 Å². The van der Waals surface area contributed by atoms with Gasteiger partial charge in [0.1, 0.15) is 19.8 Å². The van der Waals surface area contributed by atoms with Gasteiger partial charge in [-0.2, -0.15) is 0 Å². The Hall–Kier alpha value is -0.990. The number of unbranched alkanes of at least 4 members (excludes halogenated alkanes) is 40. The summed E-state index contributed by atoms with van der Waals surface area (Å²) in [6, 6.07) is 0. The molecule has 0 aliphatic rings. The highest BCUT2D eigenvalue weighted by molar-refractivity contribution is 7.45. The molecule has 0 heterocycles. The van der Waals surface area contributed by atoms with Crippen LogP contribution >= 0.6 is 7.82 Å². The van der Waals surface area contributed by atoms with Gasteiger partial charge in [-0.1, -0.05) is 271 Å². The maximum atomic E-state index is 12.8. The van der Waals surface area contributed by atoms with Crippen LogP contribution in [0.3, 0.4) is 0 Å². The standard InChI is InChI=1S/C56H112NO8P/c1-6-8-10-12-14-16-18-20-22-24-26-27-28-29-31-32-34-36-38-40-42-44-46-48-55(58)62-52-54(53-64-66(60,61)63-51-50-57(3,4)5)65-56(59)49-47-45-43-41-39-37-35-33-30-25-23-21-19-17-15-13-11-9-7-2/h54H,6-53H2,1-5H3/t54-/m1/s1. The van der Waals surface area contributed by atoms with Gasteiger partial charge >= 0.3 is 11.9 Å². The molecule has 0 aromatic carbocycles. The zero-order valence-electron chi connectivity index (χ0n) is 44.7. The van der Waals surface area contributed by atoms with Crippen LogP contribution in [0, 0.1) is 0 Å². The molecule has 9 nitrogen and oxygen atoms in total. The molecule has 0 saturated carbocycles. The van der Waals surface area contributed by atoms with E-state index in [4.69, 9.17) is 18.5 Å². The van der Waals surface area contributed by atoms with E-state index in [1.165, 1.54) is 231 Å². The van der Waals surface area contributed by atoms with E-state index in [1.807, 2.05) is 21.1 Å². The second kappa shape index (κ2) is 49.0. The van der Waals surface area contributed by atoms with Crippen LogP contribution < -0.4 is 4.89 Å². The first-order valence-corrected chi connectivity index (χ1v) is 30.2. The summed E-state index contributed by atoms with van der Waals surface area (Å²) >= 11 is 0. The molecule has 0 rings (SSSR count). The molecule has 0 radical (unpaired) electrons. The predicted octanol–water partition coefficient (Wildman–Crippen LogP) is 16.9. The van der Waals surface area contributed by atoms with E-state index in [-0.39, 0.29) is 32.0 Å². The van der Waals surface area contributed by atoms with Crippen molar-refractivity contribution in [3.63, 3.8) is 0 Å². The van der Waals surface area contributed by atoms with Crippen molar-refractivity contribution >= 4 is 19.8 Å². The minimum atomic E-state index is -4.63. The number of hydrogen-bond donors (Lipinski definition) is 0. The van der Waals surface area contributed by atoms with Crippen LogP contribution in [-0.2, 0) is 32.7 Å². The molecule has 0 fully saturated rings. The fourth-order valence-electron chi connectivity index (χ4n) is 8.66. The first kappa shape index (κ1) is 65.0. The molecule has 0 aromatic rings. The zero-order valence-corrected chi connectivity index (χ0v) is 45.6. The molecule has 0 spiro atoms. The average molecular weight is 958 g/mol. The Labute approximate surface area is 410 Å². The number of carbonyl (C=O) groups excluding carboxylic acids is 2. The second-order valence-electron chi connectivity index (χ2n) is 21.0. The lowest BCUT2D eigenvalue weighted by molar-refractivity contribution is -0.870. The summed E-state index contributed by atoms with van der Waals surface area (Å²) in [5.41, 5.74) is 0. The van der Waals surface area contributed by atoms with E-state index in [9.17, 15) is 19.0 Å². The second-order valence-corrected chi connectivity index (χ2v) is 22.4. The Morgan fingerprint density at radius 3 is 0.970 bits per heavy atom. The Kier molecular flexibility index (Phi) is 48.3. The fraction of sp³-hybridized carbons (Fsp3) is 0.964. The average Bonchev–Trinajstić information content (AvgIpc) is 3.27. The number of rotatable bonds is 54.